The van der Waals surface area contributed by atoms with Crippen molar-refractivity contribution in [3.05, 3.63) is 54.6 Å². The predicted molar refractivity (Wildman–Crippen MR) is 87.1 cm³/mol. The van der Waals surface area contributed by atoms with Gasteiger partial charge in [-0.15, -0.1) is 10.2 Å². The van der Waals surface area contributed by atoms with Crippen LogP contribution in [-0.2, 0) is 9.53 Å². The summed E-state index contributed by atoms with van der Waals surface area (Å²) in [4.78, 5) is 10.8. The zero-order chi connectivity index (χ0) is 16.1. The Bertz CT molecular complexity index is 819. The molecule has 23 heavy (non-hydrogen) atoms. The number of benzene rings is 2. The minimum atomic E-state index is -0.330. The maximum absolute atomic E-state index is 10.8. The zero-order valence-electron chi connectivity index (χ0n) is 12.7. The summed E-state index contributed by atoms with van der Waals surface area (Å²) >= 11 is 0. The normalized spacial score (nSPS) is 10.5. The molecule has 0 atom stereocenters. The quantitative estimate of drug-likeness (QED) is 0.535. The molecular formula is C18H16N2O3. The fourth-order valence-corrected chi connectivity index (χ4v) is 2.32. The molecule has 0 unspecified atom stereocenters. The third-order valence-corrected chi connectivity index (χ3v) is 3.33. The number of esters is 1. The monoisotopic (exact) mass is 308 g/mol. The lowest BCUT2D eigenvalue weighted by Gasteiger charge is -2.10. The first-order chi connectivity index (χ1) is 11.3. The second-order valence-corrected chi connectivity index (χ2v) is 4.95. The summed E-state index contributed by atoms with van der Waals surface area (Å²) in [6, 6.07) is 17.7. The van der Waals surface area contributed by atoms with Crippen molar-refractivity contribution in [2.24, 2.45) is 0 Å². The molecule has 0 amide bonds. The molecule has 0 aliphatic rings. The maximum Gasteiger partial charge on any atom is 0.302 e. The molecule has 0 aliphatic heterocycles. The Morgan fingerprint density at radius 3 is 2.35 bits per heavy atom. The van der Waals surface area contributed by atoms with Crippen molar-refractivity contribution >= 4 is 16.7 Å². The van der Waals surface area contributed by atoms with Crippen LogP contribution in [0.2, 0.25) is 0 Å². The van der Waals surface area contributed by atoms with Gasteiger partial charge in [0, 0.05) is 23.3 Å². The van der Waals surface area contributed by atoms with Gasteiger partial charge in [0.15, 0.2) is 0 Å². The minimum Gasteiger partial charge on any atom is -0.473 e. The molecule has 116 valence electrons. The summed E-state index contributed by atoms with van der Waals surface area (Å²) < 4.78 is 10.5. The second kappa shape index (κ2) is 6.87. The van der Waals surface area contributed by atoms with Gasteiger partial charge in [-0.25, -0.2) is 0 Å². The van der Waals surface area contributed by atoms with Crippen molar-refractivity contribution in [3.8, 4) is 17.1 Å². The fraction of sp³-hybridized carbons (Fsp3) is 0.167. The van der Waals surface area contributed by atoms with Gasteiger partial charge in [0.25, 0.3) is 0 Å². The molecule has 0 aliphatic carbocycles. The molecule has 5 nitrogen and oxygen atoms in total. The molecule has 0 saturated heterocycles. The van der Waals surface area contributed by atoms with Gasteiger partial charge < -0.3 is 9.47 Å². The maximum atomic E-state index is 10.8. The molecule has 1 heterocycles. The number of hydrogen-bond acceptors (Lipinski definition) is 5. The van der Waals surface area contributed by atoms with E-state index in [-0.39, 0.29) is 19.2 Å². The van der Waals surface area contributed by atoms with Gasteiger partial charge in [-0.1, -0.05) is 48.5 Å². The number of aromatic nitrogens is 2. The van der Waals surface area contributed by atoms with Gasteiger partial charge in [-0.2, -0.15) is 0 Å². The van der Waals surface area contributed by atoms with E-state index in [0.29, 0.717) is 5.88 Å². The van der Waals surface area contributed by atoms with Crippen LogP contribution in [0, 0.1) is 0 Å². The number of carbonyl (C=O) groups is 1. The Kier molecular flexibility index (Phi) is 4.47. The SMILES string of the molecule is CC(=O)OCCOc1nnc(-c2ccccc2)c2ccccc12. The summed E-state index contributed by atoms with van der Waals surface area (Å²) in [5.74, 6) is 0.108. The van der Waals surface area contributed by atoms with Crippen LogP contribution in [-0.4, -0.2) is 29.4 Å². The van der Waals surface area contributed by atoms with E-state index >= 15 is 0 Å². The Hall–Kier alpha value is -2.95. The van der Waals surface area contributed by atoms with E-state index in [1.807, 2.05) is 54.6 Å². The van der Waals surface area contributed by atoms with Crippen LogP contribution in [0.3, 0.4) is 0 Å². The molecule has 3 rings (SSSR count). The van der Waals surface area contributed by atoms with E-state index in [4.69, 9.17) is 9.47 Å². The van der Waals surface area contributed by atoms with E-state index in [9.17, 15) is 4.79 Å². The van der Waals surface area contributed by atoms with Crippen LogP contribution in [0.15, 0.2) is 54.6 Å². The molecule has 5 heteroatoms. The topological polar surface area (TPSA) is 61.3 Å². The number of hydrogen-bond donors (Lipinski definition) is 0. The van der Waals surface area contributed by atoms with E-state index in [1.165, 1.54) is 6.92 Å². The van der Waals surface area contributed by atoms with E-state index in [0.717, 1.165) is 22.0 Å². The Morgan fingerprint density at radius 1 is 0.913 bits per heavy atom. The van der Waals surface area contributed by atoms with Crippen LogP contribution in [0.25, 0.3) is 22.0 Å². The molecule has 1 aromatic heterocycles. The lowest BCUT2D eigenvalue weighted by molar-refractivity contribution is -0.141. The molecule has 2 aromatic carbocycles. The Morgan fingerprint density at radius 2 is 1.61 bits per heavy atom. The van der Waals surface area contributed by atoms with Crippen molar-refractivity contribution in [3.63, 3.8) is 0 Å². The number of rotatable bonds is 5. The summed E-state index contributed by atoms with van der Waals surface area (Å²) in [7, 11) is 0. The Labute approximate surface area is 133 Å². The molecule has 0 fully saturated rings. The number of carbonyl (C=O) groups excluding carboxylic acids is 1. The third kappa shape index (κ3) is 3.45. The number of nitrogens with zero attached hydrogens (tertiary/aromatic N) is 2. The molecule has 0 N–H and O–H groups in total. The molecule has 0 radical (unpaired) electrons. The molecule has 0 spiro atoms. The predicted octanol–water partition coefficient (Wildman–Crippen LogP) is 3.24. The highest BCUT2D eigenvalue weighted by molar-refractivity contribution is 5.96. The van der Waals surface area contributed by atoms with Crippen molar-refractivity contribution in [2.75, 3.05) is 13.2 Å². The smallest absolute Gasteiger partial charge is 0.302 e. The number of ether oxygens (including phenoxy) is 2. The average Bonchev–Trinajstić information content (AvgIpc) is 2.59. The highest BCUT2D eigenvalue weighted by Gasteiger charge is 2.11. The van der Waals surface area contributed by atoms with Crippen molar-refractivity contribution < 1.29 is 14.3 Å². The fourth-order valence-electron chi connectivity index (χ4n) is 2.32. The third-order valence-electron chi connectivity index (χ3n) is 3.33. The lowest BCUT2D eigenvalue weighted by Crippen LogP contribution is -2.10. The van der Waals surface area contributed by atoms with Crippen LogP contribution < -0.4 is 4.74 Å². The first-order valence-corrected chi connectivity index (χ1v) is 7.32. The molecule has 0 bridgehead atoms. The van der Waals surface area contributed by atoms with Crippen molar-refractivity contribution in [2.45, 2.75) is 6.92 Å². The zero-order valence-corrected chi connectivity index (χ0v) is 12.7. The Balaban J connectivity index is 1.92. The van der Waals surface area contributed by atoms with Gasteiger partial charge in [-0.3, -0.25) is 4.79 Å². The van der Waals surface area contributed by atoms with E-state index in [1.54, 1.807) is 0 Å². The summed E-state index contributed by atoms with van der Waals surface area (Å²) in [6.45, 7) is 1.79. The molecule has 0 saturated carbocycles. The molecular weight excluding hydrogens is 292 g/mol. The lowest BCUT2D eigenvalue weighted by atomic mass is 10.1. The summed E-state index contributed by atoms with van der Waals surface area (Å²) in [5.41, 5.74) is 1.82. The largest absolute Gasteiger partial charge is 0.473 e. The minimum absolute atomic E-state index is 0.186. The summed E-state index contributed by atoms with van der Waals surface area (Å²) in [6.07, 6.45) is 0. The van der Waals surface area contributed by atoms with Gasteiger partial charge in [-0.05, 0) is 6.07 Å². The van der Waals surface area contributed by atoms with E-state index in [2.05, 4.69) is 10.2 Å². The summed E-state index contributed by atoms with van der Waals surface area (Å²) in [5, 5.41) is 10.3. The second-order valence-electron chi connectivity index (χ2n) is 4.95. The van der Waals surface area contributed by atoms with Gasteiger partial charge in [0.1, 0.15) is 18.9 Å². The highest BCUT2D eigenvalue weighted by atomic mass is 16.6. The highest BCUT2D eigenvalue weighted by Crippen LogP contribution is 2.30. The van der Waals surface area contributed by atoms with Crippen LogP contribution in [0.4, 0.5) is 0 Å². The number of fused-ring (bicyclic) bond motifs is 1. The standard InChI is InChI=1S/C18H16N2O3/c1-13(21)22-11-12-23-18-16-10-6-5-9-15(16)17(19-20-18)14-7-3-2-4-8-14/h2-10H,11-12H2,1H3. The average molecular weight is 308 g/mol. The first kappa shape index (κ1) is 15.0. The first-order valence-electron chi connectivity index (χ1n) is 7.32. The van der Waals surface area contributed by atoms with Crippen molar-refractivity contribution in [1.29, 1.82) is 0 Å². The van der Waals surface area contributed by atoms with Gasteiger partial charge >= 0.3 is 5.97 Å². The van der Waals surface area contributed by atoms with Crippen LogP contribution >= 0.6 is 0 Å². The van der Waals surface area contributed by atoms with Gasteiger partial charge in [0.2, 0.25) is 5.88 Å². The van der Waals surface area contributed by atoms with Crippen LogP contribution in [0.5, 0.6) is 5.88 Å². The van der Waals surface area contributed by atoms with Crippen molar-refractivity contribution in [1.82, 2.24) is 10.2 Å². The van der Waals surface area contributed by atoms with Gasteiger partial charge in [0.05, 0.1) is 0 Å². The van der Waals surface area contributed by atoms with Crippen LogP contribution in [0.1, 0.15) is 6.92 Å². The van der Waals surface area contributed by atoms with E-state index < -0.39 is 0 Å². The molecule has 3 aromatic rings.